The summed E-state index contributed by atoms with van der Waals surface area (Å²) >= 11 is 0. The van der Waals surface area contributed by atoms with E-state index in [1.54, 1.807) is 62.8 Å². The third kappa shape index (κ3) is 4.48. The summed E-state index contributed by atoms with van der Waals surface area (Å²) in [7, 11) is -0.463. The summed E-state index contributed by atoms with van der Waals surface area (Å²) in [5.74, 6) is 1.96. The Morgan fingerprint density at radius 1 is 0.969 bits per heavy atom. The summed E-state index contributed by atoms with van der Waals surface area (Å²) < 4.78 is 44.9. The van der Waals surface area contributed by atoms with Crippen molar-refractivity contribution in [2.45, 2.75) is 4.90 Å². The minimum Gasteiger partial charge on any atom is -0.497 e. The molecule has 0 bridgehead atoms. The molecule has 0 aliphatic heterocycles. The van der Waals surface area contributed by atoms with Crippen molar-refractivity contribution < 1.29 is 22.6 Å². The molecule has 4 aromatic rings. The van der Waals surface area contributed by atoms with Gasteiger partial charge >= 0.3 is 0 Å². The second-order valence-electron chi connectivity index (χ2n) is 6.59. The van der Waals surface area contributed by atoms with Crippen LogP contribution in [-0.2, 0) is 10.0 Å². The summed E-state index contributed by atoms with van der Waals surface area (Å²) in [6.45, 7) is 0.167. The van der Waals surface area contributed by atoms with E-state index in [-0.39, 0.29) is 18.0 Å². The normalized spacial score (nSPS) is 11.4. The molecule has 0 amide bonds. The predicted molar refractivity (Wildman–Crippen MR) is 116 cm³/mol. The maximum absolute atomic E-state index is 12.3. The Morgan fingerprint density at radius 3 is 2.53 bits per heavy atom. The first kappa shape index (κ1) is 21.5. The van der Waals surface area contributed by atoms with Crippen molar-refractivity contribution in [3.63, 3.8) is 0 Å². The molecule has 2 aromatic carbocycles. The maximum Gasteiger partial charge on any atom is 0.240 e. The fourth-order valence-electron chi connectivity index (χ4n) is 3.02. The predicted octanol–water partition coefficient (Wildman–Crippen LogP) is 2.17. The fraction of sp³-hybridized carbons (Fsp3) is 0.190. The third-order valence-corrected chi connectivity index (χ3v) is 6.06. The van der Waals surface area contributed by atoms with Crippen LogP contribution in [0.4, 0.5) is 0 Å². The van der Waals surface area contributed by atoms with Gasteiger partial charge in [0, 0.05) is 12.6 Å². The molecule has 1 N–H and O–H groups in total. The molecule has 0 atom stereocenters. The zero-order valence-corrected chi connectivity index (χ0v) is 18.2. The molecule has 0 aliphatic rings. The highest BCUT2D eigenvalue weighted by molar-refractivity contribution is 7.89. The lowest BCUT2D eigenvalue weighted by atomic mass is 10.2. The van der Waals surface area contributed by atoms with Crippen LogP contribution in [0.15, 0.2) is 65.6 Å². The van der Waals surface area contributed by atoms with E-state index in [4.69, 9.17) is 14.2 Å². The molecule has 0 saturated carbocycles. The highest BCUT2D eigenvalue weighted by Crippen LogP contribution is 2.32. The van der Waals surface area contributed by atoms with E-state index in [1.807, 2.05) is 0 Å². The number of aromatic nitrogens is 4. The second kappa shape index (κ2) is 9.20. The van der Waals surface area contributed by atoms with E-state index in [2.05, 4.69) is 20.0 Å². The molecule has 11 heteroatoms. The molecule has 0 radical (unpaired) electrons. The van der Waals surface area contributed by atoms with E-state index in [0.29, 0.717) is 34.4 Å². The molecule has 0 spiro atoms. The van der Waals surface area contributed by atoms with Crippen molar-refractivity contribution in [2.24, 2.45) is 0 Å². The van der Waals surface area contributed by atoms with Crippen LogP contribution in [-0.4, -0.2) is 55.6 Å². The van der Waals surface area contributed by atoms with Crippen LogP contribution in [0, 0.1) is 0 Å². The van der Waals surface area contributed by atoms with E-state index in [0.717, 1.165) is 0 Å². The Labute approximate surface area is 184 Å². The van der Waals surface area contributed by atoms with Gasteiger partial charge in [0.05, 0.1) is 24.7 Å². The number of nitrogens with one attached hydrogen (secondary N) is 1. The molecule has 0 saturated heterocycles. The topological polar surface area (TPSA) is 117 Å². The molecule has 0 unspecified atom stereocenters. The van der Waals surface area contributed by atoms with Crippen molar-refractivity contribution in [1.82, 2.24) is 24.5 Å². The number of hydrogen-bond donors (Lipinski definition) is 1. The number of rotatable bonds is 9. The van der Waals surface area contributed by atoms with Gasteiger partial charge in [-0.1, -0.05) is 18.2 Å². The second-order valence-corrected chi connectivity index (χ2v) is 8.36. The van der Waals surface area contributed by atoms with Gasteiger partial charge in [-0.15, -0.1) is 15.3 Å². The average Bonchev–Trinajstić information content (AvgIpc) is 3.25. The van der Waals surface area contributed by atoms with Crippen molar-refractivity contribution in [1.29, 1.82) is 0 Å². The van der Waals surface area contributed by atoms with Gasteiger partial charge < -0.3 is 14.2 Å². The SMILES string of the molecule is COc1ccc(OC)c(-c2nnc3ccc(OCCNS(=O)(=O)c4ccccc4)nn23)c1. The maximum atomic E-state index is 12.3. The zero-order chi connectivity index (χ0) is 22.6. The van der Waals surface area contributed by atoms with Crippen LogP contribution >= 0.6 is 0 Å². The molecule has 32 heavy (non-hydrogen) atoms. The van der Waals surface area contributed by atoms with Gasteiger partial charge in [-0.2, -0.15) is 4.52 Å². The fourth-order valence-corrected chi connectivity index (χ4v) is 4.05. The van der Waals surface area contributed by atoms with E-state index in [9.17, 15) is 8.42 Å². The summed E-state index contributed by atoms with van der Waals surface area (Å²) in [6, 6.07) is 16.8. The minimum atomic E-state index is -3.60. The summed E-state index contributed by atoms with van der Waals surface area (Å²) in [5.41, 5.74) is 1.17. The molecule has 0 fully saturated rings. The van der Waals surface area contributed by atoms with Crippen molar-refractivity contribution in [2.75, 3.05) is 27.4 Å². The first-order valence-electron chi connectivity index (χ1n) is 9.64. The zero-order valence-electron chi connectivity index (χ0n) is 17.4. The Kier molecular flexibility index (Phi) is 6.19. The Hall–Kier alpha value is -3.70. The number of fused-ring (bicyclic) bond motifs is 1. The monoisotopic (exact) mass is 455 g/mol. The summed E-state index contributed by atoms with van der Waals surface area (Å²) in [6.07, 6.45) is 0. The Bertz CT molecular complexity index is 1330. The van der Waals surface area contributed by atoms with Gasteiger partial charge in [0.15, 0.2) is 11.5 Å². The van der Waals surface area contributed by atoms with Crippen LogP contribution in [0.2, 0.25) is 0 Å². The minimum absolute atomic E-state index is 0.0791. The number of methoxy groups -OCH3 is 2. The van der Waals surface area contributed by atoms with Crippen LogP contribution in [0.5, 0.6) is 17.4 Å². The molecule has 0 aliphatic carbocycles. The smallest absolute Gasteiger partial charge is 0.240 e. The lowest BCUT2D eigenvalue weighted by Crippen LogP contribution is -2.28. The van der Waals surface area contributed by atoms with Gasteiger partial charge in [-0.05, 0) is 36.4 Å². The Morgan fingerprint density at radius 2 is 1.78 bits per heavy atom. The van der Waals surface area contributed by atoms with Crippen LogP contribution in [0.3, 0.4) is 0 Å². The standard InChI is InChI=1S/C21H21N5O5S/c1-29-15-8-9-18(30-2)17(14-15)21-24-23-19-10-11-20(25-26(19)21)31-13-12-22-32(27,28)16-6-4-3-5-7-16/h3-11,14,22H,12-13H2,1-2H3. The van der Waals surface area contributed by atoms with Crippen LogP contribution in [0.1, 0.15) is 0 Å². The molecular formula is C21H21N5O5S. The largest absolute Gasteiger partial charge is 0.497 e. The highest BCUT2D eigenvalue weighted by Gasteiger charge is 2.16. The van der Waals surface area contributed by atoms with E-state index in [1.165, 1.54) is 16.6 Å². The van der Waals surface area contributed by atoms with Crippen LogP contribution in [0.25, 0.3) is 17.0 Å². The summed E-state index contributed by atoms with van der Waals surface area (Å²) in [4.78, 5) is 0.195. The van der Waals surface area contributed by atoms with Gasteiger partial charge in [-0.25, -0.2) is 13.1 Å². The molecule has 166 valence electrons. The number of benzene rings is 2. The third-order valence-electron chi connectivity index (χ3n) is 4.58. The van der Waals surface area contributed by atoms with Crippen molar-refractivity contribution >= 4 is 15.7 Å². The Balaban J connectivity index is 1.50. The van der Waals surface area contributed by atoms with Crippen molar-refractivity contribution in [3.8, 4) is 28.8 Å². The number of hydrogen-bond acceptors (Lipinski definition) is 8. The summed E-state index contributed by atoms with van der Waals surface area (Å²) in [5, 5.41) is 12.8. The number of sulfonamides is 1. The van der Waals surface area contributed by atoms with Gasteiger partial charge in [0.25, 0.3) is 0 Å². The van der Waals surface area contributed by atoms with Gasteiger partial charge in [0.1, 0.15) is 18.1 Å². The van der Waals surface area contributed by atoms with Gasteiger partial charge in [0.2, 0.25) is 15.9 Å². The lowest BCUT2D eigenvalue weighted by Gasteiger charge is -2.10. The first-order chi connectivity index (χ1) is 15.5. The van der Waals surface area contributed by atoms with Crippen molar-refractivity contribution in [3.05, 3.63) is 60.7 Å². The molecular weight excluding hydrogens is 434 g/mol. The molecule has 2 heterocycles. The molecule has 4 rings (SSSR count). The first-order valence-corrected chi connectivity index (χ1v) is 11.1. The highest BCUT2D eigenvalue weighted by atomic mass is 32.2. The van der Waals surface area contributed by atoms with Crippen LogP contribution < -0.4 is 18.9 Å². The number of ether oxygens (including phenoxy) is 3. The van der Waals surface area contributed by atoms with E-state index >= 15 is 0 Å². The van der Waals surface area contributed by atoms with E-state index < -0.39 is 10.0 Å². The van der Waals surface area contributed by atoms with Gasteiger partial charge in [-0.3, -0.25) is 0 Å². The lowest BCUT2D eigenvalue weighted by molar-refractivity contribution is 0.306. The average molecular weight is 455 g/mol. The molecule has 10 nitrogen and oxygen atoms in total. The molecule has 2 aromatic heterocycles. The number of nitrogens with zero attached hydrogens (tertiary/aromatic N) is 4. The quantitative estimate of drug-likeness (QED) is 0.382.